The maximum absolute atomic E-state index is 13.4. The van der Waals surface area contributed by atoms with E-state index in [4.69, 9.17) is 9.47 Å². The first kappa shape index (κ1) is 27.0. The number of morpholine rings is 2. The largest absolute Gasteiger partial charge is 0.378 e. The van der Waals surface area contributed by atoms with Crippen LogP contribution >= 0.6 is 31.9 Å². The number of carbonyl (C=O) groups excluding carboxylic acids is 3. The molecule has 0 N–H and O–H groups in total. The van der Waals surface area contributed by atoms with Gasteiger partial charge in [0.25, 0.3) is 11.8 Å². The summed E-state index contributed by atoms with van der Waals surface area (Å²) in [7, 11) is 0. The third kappa shape index (κ3) is 5.90. The topological polar surface area (TPSA) is 76.2 Å². The summed E-state index contributed by atoms with van der Waals surface area (Å²) in [6.45, 7) is 8.25. The van der Waals surface area contributed by atoms with Gasteiger partial charge in [-0.05, 0) is 67.3 Å². The summed E-state index contributed by atoms with van der Waals surface area (Å²) in [6, 6.07) is 11.0. The second-order valence-corrected chi connectivity index (χ2v) is 10.8. The molecule has 0 aromatic heterocycles. The highest BCUT2D eigenvalue weighted by Crippen LogP contribution is 2.31. The maximum atomic E-state index is 13.4. The number of ketones is 1. The van der Waals surface area contributed by atoms with Crippen LogP contribution in [0.2, 0.25) is 0 Å². The van der Waals surface area contributed by atoms with Gasteiger partial charge in [0.15, 0.2) is 0 Å². The molecule has 2 aromatic carbocycles. The SMILES string of the molecule is CC(C(=O)C(C)c1ccc(C(=O)N2CCOCC2)c(Br)c1)c1ccc(C(=O)N2CCOCC2)c(Br)c1. The molecule has 0 bridgehead atoms. The van der Waals surface area contributed by atoms with Gasteiger partial charge < -0.3 is 19.3 Å². The van der Waals surface area contributed by atoms with Crippen LogP contribution in [0.4, 0.5) is 0 Å². The van der Waals surface area contributed by atoms with Crippen LogP contribution < -0.4 is 0 Å². The molecule has 0 saturated carbocycles. The van der Waals surface area contributed by atoms with E-state index in [2.05, 4.69) is 31.9 Å². The lowest BCUT2D eigenvalue weighted by Crippen LogP contribution is -2.40. The molecule has 2 unspecified atom stereocenters. The van der Waals surface area contributed by atoms with Gasteiger partial charge in [-0.1, -0.05) is 26.0 Å². The predicted octanol–water partition coefficient (Wildman–Crippen LogP) is 4.63. The van der Waals surface area contributed by atoms with Gasteiger partial charge in [-0.2, -0.15) is 0 Å². The van der Waals surface area contributed by atoms with Crippen molar-refractivity contribution < 1.29 is 23.9 Å². The minimum Gasteiger partial charge on any atom is -0.378 e. The summed E-state index contributed by atoms with van der Waals surface area (Å²) in [5.41, 5.74) is 2.85. The molecule has 2 fully saturated rings. The van der Waals surface area contributed by atoms with Crippen molar-refractivity contribution in [2.75, 3.05) is 52.6 Å². The Morgan fingerprint density at radius 2 is 1.06 bits per heavy atom. The van der Waals surface area contributed by atoms with Gasteiger partial charge >= 0.3 is 0 Å². The highest BCUT2D eigenvalue weighted by Gasteiger charge is 2.27. The molecule has 2 amide bonds. The van der Waals surface area contributed by atoms with Gasteiger partial charge in [-0.15, -0.1) is 0 Å². The quantitative estimate of drug-likeness (QED) is 0.470. The van der Waals surface area contributed by atoms with Crippen LogP contribution in [0.1, 0.15) is 57.5 Å². The first-order valence-electron chi connectivity index (χ1n) is 12.1. The van der Waals surface area contributed by atoms with E-state index in [-0.39, 0.29) is 29.4 Å². The molecule has 2 aliphatic rings. The molecule has 0 aliphatic carbocycles. The van der Waals surface area contributed by atoms with Crippen molar-refractivity contribution in [3.05, 3.63) is 67.6 Å². The van der Waals surface area contributed by atoms with Crippen molar-refractivity contribution in [1.82, 2.24) is 9.80 Å². The molecule has 4 rings (SSSR count). The monoisotopic (exact) mass is 620 g/mol. The molecule has 192 valence electrons. The lowest BCUT2D eigenvalue weighted by molar-refractivity contribution is -0.121. The Kier molecular flexibility index (Phi) is 8.98. The standard InChI is InChI=1S/C27H30Br2N2O5/c1-17(19-3-5-21(23(28)15-19)26(33)30-7-11-35-12-8-30)25(32)18(2)20-4-6-22(24(29)16-20)27(34)31-9-13-36-14-10-31/h3-6,15-18H,7-14H2,1-2H3. The van der Waals surface area contributed by atoms with Crippen molar-refractivity contribution in [2.24, 2.45) is 0 Å². The number of rotatable bonds is 6. The number of amides is 2. The Balaban J connectivity index is 1.46. The Bertz CT molecular complexity index is 1060. The summed E-state index contributed by atoms with van der Waals surface area (Å²) in [4.78, 5) is 42.7. The number of nitrogens with zero attached hydrogens (tertiary/aromatic N) is 2. The van der Waals surface area contributed by atoms with E-state index in [1.807, 2.05) is 38.1 Å². The molecular weight excluding hydrogens is 592 g/mol. The zero-order valence-corrected chi connectivity index (χ0v) is 23.6. The van der Waals surface area contributed by atoms with Crippen molar-refractivity contribution in [2.45, 2.75) is 25.7 Å². The zero-order valence-electron chi connectivity index (χ0n) is 20.5. The number of benzene rings is 2. The van der Waals surface area contributed by atoms with E-state index in [1.165, 1.54) is 0 Å². The fourth-order valence-electron chi connectivity index (χ4n) is 4.53. The normalized spacial score (nSPS) is 18.0. The van der Waals surface area contributed by atoms with Gasteiger partial charge in [-0.3, -0.25) is 14.4 Å². The second-order valence-electron chi connectivity index (χ2n) is 9.13. The number of halogens is 2. The average Bonchev–Trinajstić information content (AvgIpc) is 2.92. The molecule has 2 aliphatic heterocycles. The molecule has 0 radical (unpaired) electrons. The van der Waals surface area contributed by atoms with Gasteiger partial charge in [0.2, 0.25) is 0 Å². The smallest absolute Gasteiger partial charge is 0.255 e. The van der Waals surface area contributed by atoms with E-state index in [0.29, 0.717) is 72.7 Å². The van der Waals surface area contributed by atoms with Gasteiger partial charge in [-0.25, -0.2) is 0 Å². The Labute approximate surface area is 228 Å². The van der Waals surface area contributed by atoms with Crippen LogP contribution in [0.25, 0.3) is 0 Å². The lowest BCUT2D eigenvalue weighted by Gasteiger charge is -2.27. The first-order chi connectivity index (χ1) is 17.3. The van der Waals surface area contributed by atoms with E-state index in [1.54, 1.807) is 21.9 Å². The molecule has 2 aromatic rings. The lowest BCUT2D eigenvalue weighted by atomic mass is 9.85. The Morgan fingerprint density at radius 1 is 0.694 bits per heavy atom. The highest BCUT2D eigenvalue weighted by molar-refractivity contribution is 9.10. The van der Waals surface area contributed by atoms with E-state index >= 15 is 0 Å². The maximum Gasteiger partial charge on any atom is 0.255 e. The summed E-state index contributed by atoms with van der Waals surface area (Å²) in [6.07, 6.45) is 0. The number of ether oxygens (including phenoxy) is 2. The number of carbonyl (C=O) groups is 3. The van der Waals surface area contributed by atoms with Crippen molar-refractivity contribution in [3.8, 4) is 0 Å². The molecule has 2 heterocycles. The van der Waals surface area contributed by atoms with Crippen molar-refractivity contribution >= 4 is 49.5 Å². The third-order valence-corrected chi connectivity index (χ3v) is 8.21. The van der Waals surface area contributed by atoms with Crippen LogP contribution in [-0.4, -0.2) is 80.0 Å². The van der Waals surface area contributed by atoms with Crippen LogP contribution in [0, 0.1) is 0 Å². The fraction of sp³-hybridized carbons (Fsp3) is 0.444. The second kappa shape index (κ2) is 12.0. The van der Waals surface area contributed by atoms with Crippen molar-refractivity contribution in [1.29, 1.82) is 0 Å². The summed E-state index contributed by atoms with van der Waals surface area (Å²) in [5.74, 6) is -0.746. The molecule has 36 heavy (non-hydrogen) atoms. The summed E-state index contributed by atoms with van der Waals surface area (Å²) < 4.78 is 12.0. The molecule has 2 saturated heterocycles. The van der Waals surface area contributed by atoms with Crippen LogP contribution in [0.15, 0.2) is 45.3 Å². The highest BCUT2D eigenvalue weighted by atomic mass is 79.9. The van der Waals surface area contributed by atoms with Crippen LogP contribution in [0.5, 0.6) is 0 Å². The number of hydrogen-bond acceptors (Lipinski definition) is 5. The third-order valence-electron chi connectivity index (χ3n) is 6.90. The Morgan fingerprint density at radius 3 is 1.39 bits per heavy atom. The molecule has 7 nitrogen and oxygen atoms in total. The predicted molar refractivity (Wildman–Crippen MR) is 144 cm³/mol. The van der Waals surface area contributed by atoms with Crippen LogP contribution in [-0.2, 0) is 14.3 Å². The molecule has 0 spiro atoms. The van der Waals surface area contributed by atoms with Gasteiger partial charge in [0.05, 0.1) is 37.6 Å². The summed E-state index contributed by atoms with van der Waals surface area (Å²) >= 11 is 7.08. The van der Waals surface area contributed by atoms with Crippen LogP contribution in [0.3, 0.4) is 0 Å². The Hall–Kier alpha value is -2.07. The first-order valence-corrected chi connectivity index (χ1v) is 13.7. The average molecular weight is 622 g/mol. The molecule has 9 heteroatoms. The van der Waals surface area contributed by atoms with E-state index in [9.17, 15) is 14.4 Å². The van der Waals surface area contributed by atoms with E-state index in [0.717, 1.165) is 11.1 Å². The number of Topliss-reactive ketones (excluding diaryl/α,β-unsaturated/α-hetero) is 1. The summed E-state index contributed by atoms with van der Waals surface area (Å²) in [5, 5.41) is 0. The molecule has 2 atom stereocenters. The molecular formula is C27H30Br2N2O5. The van der Waals surface area contributed by atoms with Crippen molar-refractivity contribution in [3.63, 3.8) is 0 Å². The van der Waals surface area contributed by atoms with E-state index < -0.39 is 0 Å². The minimum atomic E-state index is -0.364. The van der Waals surface area contributed by atoms with Gasteiger partial charge in [0.1, 0.15) is 5.78 Å². The minimum absolute atomic E-state index is 0.0411. The fourth-order valence-corrected chi connectivity index (χ4v) is 5.66. The zero-order chi connectivity index (χ0) is 25.8. The number of hydrogen-bond donors (Lipinski definition) is 0. The van der Waals surface area contributed by atoms with Gasteiger partial charge in [0, 0.05) is 47.0 Å².